The highest BCUT2D eigenvalue weighted by Crippen LogP contribution is 2.14. The van der Waals surface area contributed by atoms with Crippen molar-refractivity contribution in [2.75, 3.05) is 46.2 Å². The first-order valence-corrected chi connectivity index (χ1v) is 9.15. The molecular weight excluding hydrogens is 352 g/mol. The van der Waals surface area contributed by atoms with E-state index in [0.717, 1.165) is 11.3 Å². The summed E-state index contributed by atoms with van der Waals surface area (Å²) in [4.78, 5) is 29.2. The summed E-state index contributed by atoms with van der Waals surface area (Å²) >= 11 is 0. The topological polar surface area (TPSA) is 64.7 Å². The smallest absolute Gasteiger partial charge is 0.267 e. The molecule has 0 atom stereocenters. The van der Waals surface area contributed by atoms with Gasteiger partial charge in [-0.15, -0.1) is 0 Å². The Kier molecular flexibility index (Phi) is 7.77. The zero-order valence-electron chi connectivity index (χ0n) is 16.9. The minimum Gasteiger partial charge on any atom is -0.378 e. The second kappa shape index (κ2) is 10.3. The first-order chi connectivity index (χ1) is 13.4. The molecule has 0 heterocycles. The fourth-order valence-electron chi connectivity index (χ4n) is 2.47. The van der Waals surface area contributed by atoms with E-state index in [2.05, 4.69) is 10.6 Å². The molecule has 0 spiro atoms. The molecule has 0 aromatic heterocycles. The minimum absolute atomic E-state index is 0.213. The number of hydrogen-bond donors (Lipinski definition) is 2. The largest absolute Gasteiger partial charge is 0.378 e. The zero-order chi connectivity index (χ0) is 20.5. The molecule has 2 N–H and O–H groups in total. The van der Waals surface area contributed by atoms with Crippen LogP contribution < -0.4 is 15.5 Å². The standard InChI is InChI=1S/C22H28N4O2/c1-25(2)15-14-23-22(28)20(24-21(27)18-8-6-5-7-9-18)16-17-10-12-19(13-11-17)26(3)4/h5-13,16H,14-15H2,1-4H3,(H,23,28)(H,24,27)/b20-16+. The van der Waals surface area contributed by atoms with E-state index in [0.29, 0.717) is 18.7 Å². The molecule has 0 bridgehead atoms. The monoisotopic (exact) mass is 380 g/mol. The van der Waals surface area contributed by atoms with E-state index < -0.39 is 0 Å². The second-order valence-electron chi connectivity index (χ2n) is 6.92. The molecule has 28 heavy (non-hydrogen) atoms. The lowest BCUT2D eigenvalue weighted by Gasteiger charge is -2.14. The summed E-state index contributed by atoms with van der Waals surface area (Å²) in [5.74, 6) is -0.637. The Bertz CT molecular complexity index is 812. The van der Waals surface area contributed by atoms with E-state index in [9.17, 15) is 9.59 Å². The Balaban J connectivity index is 2.21. The van der Waals surface area contributed by atoms with Crippen LogP contribution in [-0.4, -0.2) is 58.0 Å². The maximum Gasteiger partial charge on any atom is 0.267 e. The summed E-state index contributed by atoms with van der Waals surface area (Å²) in [7, 11) is 7.81. The van der Waals surface area contributed by atoms with Crippen LogP contribution in [0.25, 0.3) is 6.08 Å². The molecule has 6 nitrogen and oxygen atoms in total. The van der Waals surface area contributed by atoms with Gasteiger partial charge in [0.05, 0.1) is 0 Å². The quantitative estimate of drug-likeness (QED) is 0.689. The Morgan fingerprint density at radius 1 is 0.929 bits per heavy atom. The Labute approximate surface area is 166 Å². The third-order valence-corrected chi connectivity index (χ3v) is 4.09. The first-order valence-electron chi connectivity index (χ1n) is 9.15. The van der Waals surface area contributed by atoms with Gasteiger partial charge in [0.15, 0.2) is 0 Å². The summed E-state index contributed by atoms with van der Waals surface area (Å²) in [6.45, 7) is 1.20. The number of nitrogens with one attached hydrogen (secondary N) is 2. The lowest BCUT2D eigenvalue weighted by molar-refractivity contribution is -0.117. The van der Waals surface area contributed by atoms with Gasteiger partial charge in [0.25, 0.3) is 11.8 Å². The van der Waals surface area contributed by atoms with Gasteiger partial charge in [0.1, 0.15) is 5.70 Å². The molecule has 0 radical (unpaired) electrons. The Hall–Kier alpha value is -3.12. The van der Waals surface area contributed by atoms with Gasteiger partial charge in [0, 0.05) is 38.4 Å². The van der Waals surface area contributed by atoms with Crippen molar-refractivity contribution in [2.45, 2.75) is 0 Å². The molecule has 0 aliphatic carbocycles. The van der Waals surface area contributed by atoms with Gasteiger partial charge in [-0.05, 0) is 50.0 Å². The number of rotatable bonds is 8. The van der Waals surface area contributed by atoms with Crippen molar-refractivity contribution in [3.05, 3.63) is 71.4 Å². The van der Waals surface area contributed by atoms with Crippen LogP contribution >= 0.6 is 0 Å². The highest BCUT2D eigenvalue weighted by Gasteiger charge is 2.14. The zero-order valence-corrected chi connectivity index (χ0v) is 16.9. The summed E-state index contributed by atoms with van der Waals surface area (Å²) in [6.07, 6.45) is 1.69. The number of anilines is 1. The average Bonchev–Trinajstić information content (AvgIpc) is 2.68. The number of nitrogens with zero attached hydrogens (tertiary/aromatic N) is 2. The van der Waals surface area contributed by atoms with Crippen LogP contribution in [0, 0.1) is 0 Å². The van der Waals surface area contributed by atoms with Gasteiger partial charge in [-0.2, -0.15) is 0 Å². The van der Waals surface area contributed by atoms with E-state index >= 15 is 0 Å². The van der Waals surface area contributed by atoms with E-state index in [1.807, 2.05) is 68.3 Å². The highest BCUT2D eigenvalue weighted by molar-refractivity contribution is 6.05. The fourth-order valence-corrected chi connectivity index (χ4v) is 2.47. The van der Waals surface area contributed by atoms with Gasteiger partial charge < -0.3 is 20.4 Å². The number of amides is 2. The van der Waals surface area contributed by atoms with Crippen molar-refractivity contribution in [1.29, 1.82) is 0 Å². The fraction of sp³-hybridized carbons (Fsp3) is 0.273. The predicted molar refractivity (Wildman–Crippen MR) is 114 cm³/mol. The van der Waals surface area contributed by atoms with Crippen LogP contribution in [0.15, 0.2) is 60.3 Å². The summed E-state index contributed by atoms with van der Waals surface area (Å²) in [5, 5.41) is 5.59. The third-order valence-electron chi connectivity index (χ3n) is 4.09. The Morgan fingerprint density at radius 3 is 2.14 bits per heavy atom. The second-order valence-corrected chi connectivity index (χ2v) is 6.92. The van der Waals surface area contributed by atoms with Crippen molar-refractivity contribution in [1.82, 2.24) is 15.5 Å². The summed E-state index contributed by atoms with van der Waals surface area (Å²) in [6, 6.07) is 16.6. The van der Waals surface area contributed by atoms with Crippen LogP contribution in [0.2, 0.25) is 0 Å². The lowest BCUT2D eigenvalue weighted by atomic mass is 10.1. The van der Waals surface area contributed by atoms with Crippen LogP contribution in [0.1, 0.15) is 15.9 Å². The van der Waals surface area contributed by atoms with E-state index in [4.69, 9.17) is 0 Å². The number of hydrogen-bond acceptors (Lipinski definition) is 4. The molecule has 2 amide bonds. The van der Waals surface area contributed by atoms with E-state index in [1.54, 1.807) is 30.3 Å². The third kappa shape index (κ3) is 6.55. The van der Waals surface area contributed by atoms with Crippen molar-refractivity contribution in [3.8, 4) is 0 Å². The van der Waals surface area contributed by atoms with Crippen molar-refractivity contribution >= 4 is 23.6 Å². The molecule has 0 aliphatic rings. The van der Waals surface area contributed by atoms with Crippen LogP contribution in [0.3, 0.4) is 0 Å². The van der Waals surface area contributed by atoms with Crippen molar-refractivity contribution < 1.29 is 9.59 Å². The number of likely N-dealkylation sites (N-methyl/N-ethyl adjacent to an activating group) is 1. The van der Waals surface area contributed by atoms with Gasteiger partial charge in [0.2, 0.25) is 0 Å². The molecular formula is C22H28N4O2. The molecule has 148 valence electrons. The molecule has 2 rings (SSSR count). The number of carbonyl (C=O) groups is 2. The molecule has 2 aromatic carbocycles. The normalized spacial score (nSPS) is 11.2. The van der Waals surface area contributed by atoms with Crippen molar-refractivity contribution in [3.63, 3.8) is 0 Å². The van der Waals surface area contributed by atoms with Crippen LogP contribution in [0.4, 0.5) is 5.69 Å². The summed E-state index contributed by atoms with van der Waals surface area (Å²) < 4.78 is 0. The highest BCUT2D eigenvalue weighted by atomic mass is 16.2. The molecule has 0 saturated carbocycles. The SMILES string of the molecule is CN(C)CCNC(=O)/C(=C\c1ccc(N(C)C)cc1)NC(=O)c1ccccc1. The number of carbonyl (C=O) groups excluding carboxylic acids is 2. The van der Waals surface area contributed by atoms with Crippen LogP contribution in [0.5, 0.6) is 0 Å². The Morgan fingerprint density at radius 2 is 1.57 bits per heavy atom. The summed E-state index contributed by atoms with van der Waals surface area (Å²) in [5.41, 5.74) is 2.60. The average molecular weight is 380 g/mol. The van der Waals surface area contributed by atoms with Gasteiger partial charge in [-0.3, -0.25) is 9.59 Å². The predicted octanol–water partition coefficient (Wildman–Crippen LogP) is 2.20. The molecule has 6 heteroatoms. The molecule has 2 aromatic rings. The van der Waals surface area contributed by atoms with Gasteiger partial charge in [-0.1, -0.05) is 30.3 Å². The first kappa shape index (κ1) is 21.2. The minimum atomic E-state index is -0.320. The van der Waals surface area contributed by atoms with E-state index in [-0.39, 0.29) is 17.5 Å². The number of benzene rings is 2. The van der Waals surface area contributed by atoms with Crippen LogP contribution in [-0.2, 0) is 4.79 Å². The molecule has 0 unspecified atom stereocenters. The lowest BCUT2D eigenvalue weighted by Crippen LogP contribution is -2.37. The molecule has 0 fully saturated rings. The molecule has 0 saturated heterocycles. The van der Waals surface area contributed by atoms with Gasteiger partial charge in [-0.25, -0.2) is 0 Å². The van der Waals surface area contributed by atoms with Gasteiger partial charge >= 0.3 is 0 Å². The maximum absolute atomic E-state index is 12.7. The van der Waals surface area contributed by atoms with Crippen molar-refractivity contribution in [2.24, 2.45) is 0 Å². The maximum atomic E-state index is 12.7. The van der Waals surface area contributed by atoms with E-state index in [1.165, 1.54) is 0 Å². The molecule has 0 aliphatic heterocycles.